The maximum absolute atomic E-state index is 14.8. The Bertz CT molecular complexity index is 1580. The van der Waals surface area contributed by atoms with Crippen molar-refractivity contribution < 1.29 is 35.4 Å². The van der Waals surface area contributed by atoms with Crippen LogP contribution in [0.4, 0.5) is 10.2 Å². The van der Waals surface area contributed by atoms with Gasteiger partial charge in [0.15, 0.2) is 22.1 Å². The van der Waals surface area contributed by atoms with Crippen LogP contribution in [0.1, 0.15) is 60.2 Å². The molecule has 0 spiro atoms. The number of anilines is 1. The van der Waals surface area contributed by atoms with Crippen LogP contribution < -0.4 is 5.32 Å². The Balaban J connectivity index is 1.55. The summed E-state index contributed by atoms with van der Waals surface area (Å²) in [6.45, 7) is -0.277. The summed E-state index contributed by atoms with van der Waals surface area (Å²) < 4.78 is 87.3. The summed E-state index contributed by atoms with van der Waals surface area (Å²) >= 11 is 1.24. The van der Waals surface area contributed by atoms with Gasteiger partial charge in [-0.1, -0.05) is 36.0 Å². The number of benzene rings is 1. The smallest absolute Gasteiger partial charge is 0.191 e. The molecule has 5 rings (SSSR count). The number of thioether (sulfide) groups is 1. The second-order valence-electron chi connectivity index (χ2n) is 8.50. The number of aliphatic hydroxyl groups is 3. The number of rotatable bonds is 10. The number of fused-ring (bicyclic) bond motifs is 1. The molecule has 12 heteroatoms. The molecule has 0 saturated heterocycles. The zero-order valence-corrected chi connectivity index (χ0v) is 20.3. The second-order valence-corrected chi connectivity index (χ2v) is 9.56. The van der Waals surface area contributed by atoms with E-state index in [0.29, 0.717) is 5.75 Å². The molecular formula is C24H31FN6O4S. The molecule has 6 atom stereocenters. The van der Waals surface area contributed by atoms with Crippen LogP contribution in [0.2, 0.25) is 0 Å². The van der Waals surface area contributed by atoms with E-state index in [1.807, 2.05) is 6.92 Å². The van der Waals surface area contributed by atoms with Crippen LogP contribution in [0, 0.1) is 12.7 Å². The summed E-state index contributed by atoms with van der Waals surface area (Å²) in [6, 6.07) is -5.08. The van der Waals surface area contributed by atoms with Crippen molar-refractivity contribution in [3.63, 3.8) is 0 Å². The highest BCUT2D eigenvalue weighted by molar-refractivity contribution is 7.99. The molecule has 0 unspecified atom stereocenters. The van der Waals surface area contributed by atoms with Gasteiger partial charge in [0, 0.05) is 26.9 Å². The minimum Gasteiger partial charge on any atom is -0.394 e. The van der Waals surface area contributed by atoms with Crippen molar-refractivity contribution in [2.75, 3.05) is 24.2 Å². The molecule has 0 aliphatic heterocycles. The van der Waals surface area contributed by atoms with Gasteiger partial charge < -0.3 is 25.4 Å². The zero-order chi connectivity index (χ0) is 32.5. The molecule has 0 bridgehead atoms. The molecular weight excluding hydrogens is 487 g/mol. The first-order valence-corrected chi connectivity index (χ1v) is 12.4. The van der Waals surface area contributed by atoms with E-state index in [1.165, 1.54) is 23.4 Å². The van der Waals surface area contributed by atoms with Gasteiger partial charge in [0.05, 0.1) is 33.5 Å². The van der Waals surface area contributed by atoms with E-state index in [1.54, 1.807) is 0 Å². The van der Waals surface area contributed by atoms with Crippen molar-refractivity contribution in [3.8, 4) is 0 Å². The monoisotopic (exact) mass is 526 g/mol. The largest absolute Gasteiger partial charge is 0.394 e. The number of halogens is 1. The lowest BCUT2D eigenvalue weighted by atomic mass is 10.1. The van der Waals surface area contributed by atoms with Gasteiger partial charge in [-0.15, -0.1) is 5.10 Å². The zero-order valence-electron chi connectivity index (χ0n) is 27.5. The van der Waals surface area contributed by atoms with Gasteiger partial charge >= 0.3 is 0 Å². The van der Waals surface area contributed by atoms with E-state index in [-0.39, 0.29) is 34.1 Å². The van der Waals surface area contributed by atoms with Gasteiger partial charge in [-0.3, -0.25) is 0 Å². The SMILES string of the molecule is [2H]c1c([2H])c([C@@H]2C([2H])([2H])[C@@]2([2H])Nc2nc(SCCC)nc3c2nnn3[C@@H]2C[C@H](OC([2H])([2H])CO)[C@@H](O)[C@H]2O)c([2H])c(F)c1C. The van der Waals surface area contributed by atoms with Crippen molar-refractivity contribution >= 4 is 28.7 Å². The number of ether oxygens (including phenoxy) is 1. The Morgan fingerprint density at radius 3 is 3.00 bits per heavy atom. The van der Waals surface area contributed by atoms with Gasteiger partial charge in [-0.05, 0) is 36.9 Å². The predicted octanol–water partition coefficient (Wildman–Crippen LogP) is 2.18. The van der Waals surface area contributed by atoms with Gasteiger partial charge in [-0.25, -0.2) is 19.0 Å². The molecule has 4 N–H and O–H groups in total. The highest BCUT2D eigenvalue weighted by Gasteiger charge is 2.45. The second kappa shape index (κ2) is 10.5. The van der Waals surface area contributed by atoms with Crippen molar-refractivity contribution in [3.05, 3.63) is 35.1 Å². The van der Waals surface area contributed by atoms with Crippen molar-refractivity contribution in [1.82, 2.24) is 25.0 Å². The summed E-state index contributed by atoms with van der Waals surface area (Å²) in [6.07, 6.45) is -6.07. The molecule has 3 aromatic rings. The summed E-state index contributed by atoms with van der Waals surface area (Å²) in [5, 5.41) is 41.7. The third kappa shape index (κ3) is 4.92. The van der Waals surface area contributed by atoms with Crippen molar-refractivity contribution in [2.45, 2.75) is 74.5 Å². The molecule has 2 aliphatic carbocycles. The average molecular weight is 527 g/mol. The van der Waals surface area contributed by atoms with Crippen LogP contribution in [-0.4, -0.2) is 83.5 Å². The Kier molecular flexibility index (Phi) is 5.03. The molecule has 0 amide bonds. The van der Waals surface area contributed by atoms with E-state index in [4.69, 9.17) is 15.7 Å². The molecule has 10 nitrogen and oxygen atoms in total. The molecule has 2 heterocycles. The summed E-state index contributed by atoms with van der Waals surface area (Å²) in [5.41, 5.74) is -0.637. The first kappa shape index (κ1) is 17.2. The third-order valence-corrected chi connectivity index (χ3v) is 7.01. The summed E-state index contributed by atoms with van der Waals surface area (Å²) in [4.78, 5) is 8.91. The van der Waals surface area contributed by atoms with Crippen LogP contribution in [0.15, 0.2) is 23.3 Å². The topological polar surface area (TPSA) is 138 Å². The minimum absolute atomic E-state index is 0.0378. The number of hydrogen-bond donors (Lipinski definition) is 4. The van der Waals surface area contributed by atoms with E-state index in [2.05, 4.69) is 25.6 Å². The minimum atomic E-state index is -2.48. The molecule has 0 radical (unpaired) electrons. The first-order valence-electron chi connectivity index (χ1n) is 15.4. The molecule has 2 aliphatic rings. The third-order valence-electron chi connectivity index (χ3n) is 5.96. The normalized spacial score (nSPS) is 34.7. The van der Waals surface area contributed by atoms with E-state index in [0.717, 1.165) is 6.42 Å². The first-order chi connectivity index (χ1) is 20.5. The van der Waals surface area contributed by atoms with E-state index in [9.17, 15) is 19.7 Å². The molecule has 36 heavy (non-hydrogen) atoms. The van der Waals surface area contributed by atoms with Crippen LogP contribution >= 0.6 is 11.8 Å². The van der Waals surface area contributed by atoms with Crippen LogP contribution in [0.3, 0.4) is 0 Å². The fourth-order valence-electron chi connectivity index (χ4n) is 4.02. The molecule has 2 saturated carbocycles. The quantitative estimate of drug-likeness (QED) is 0.230. The van der Waals surface area contributed by atoms with Crippen molar-refractivity contribution in [1.29, 1.82) is 0 Å². The van der Waals surface area contributed by atoms with Crippen LogP contribution in [0.5, 0.6) is 0 Å². The van der Waals surface area contributed by atoms with Crippen LogP contribution in [0.25, 0.3) is 11.2 Å². The molecule has 2 aromatic heterocycles. The Morgan fingerprint density at radius 1 is 1.39 bits per heavy atom. The Hall–Kier alpha value is -2.38. The Morgan fingerprint density at radius 2 is 2.22 bits per heavy atom. The van der Waals surface area contributed by atoms with Gasteiger partial charge in [0.2, 0.25) is 0 Å². The lowest BCUT2D eigenvalue weighted by Gasteiger charge is -2.17. The standard InChI is InChI=1S/C24H31FN6O4S/c1-3-8-36-24-27-22(26-16-10-14(16)13-5-4-12(2)15(25)9-13)19-23(28-24)31(30-29-19)17-11-18(35-7-6-32)21(34)20(17)33/h4-5,9,14,16-18,20-21,32-34H,3,6-8,10-11H2,1-2H3,(H,26,27,28)/t14-,16+,17+,18-,20-,21+/m0/s1/i4D,5D,7D2,9D,10D2,16D. The maximum atomic E-state index is 14.8. The lowest BCUT2D eigenvalue weighted by molar-refractivity contribution is -0.0629. The van der Waals surface area contributed by atoms with E-state index >= 15 is 0 Å². The molecule has 194 valence electrons. The summed E-state index contributed by atoms with van der Waals surface area (Å²) in [5.74, 6) is -2.14. The fraction of sp³-hybridized carbons (Fsp3) is 0.583. The molecule has 2 fully saturated rings. The highest BCUT2D eigenvalue weighted by atomic mass is 32.2. The highest BCUT2D eigenvalue weighted by Crippen LogP contribution is 2.44. The Labute approximate surface area is 223 Å². The van der Waals surface area contributed by atoms with Crippen LogP contribution in [-0.2, 0) is 4.74 Å². The molecule has 1 aromatic carbocycles. The van der Waals surface area contributed by atoms with Gasteiger partial charge in [0.1, 0.15) is 18.0 Å². The number of hydrogen-bond acceptors (Lipinski definition) is 10. The fourth-order valence-corrected chi connectivity index (χ4v) is 4.71. The predicted molar refractivity (Wildman–Crippen MR) is 133 cm³/mol. The lowest BCUT2D eigenvalue weighted by Crippen LogP contribution is -2.33. The summed E-state index contributed by atoms with van der Waals surface area (Å²) in [7, 11) is 0. The maximum Gasteiger partial charge on any atom is 0.191 e. The van der Waals surface area contributed by atoms with Gasteiger partial charge in [0.25, 0.3) is 0 Å². The van der Waals surface area contributed by atoms with Crippen molar-refractivity contribution in [2.24, 2.45) is 0 Å². The average Bonchev–Trinajstić information content (AvgIpc) is 3.28. The van der Waals surface area contributed by atoms with Gasteiger partial charge in [-0.2, -0.15) is 0 Å². The number of nitrogens with one attached hydrogen (secondary N) is 1. The number of nitrogens with zero attached hydrogens (tertiary/aromatic N) is 5. The number of aliphatic hydroxyl groups excluding tert-OH is 3. The van der Waals surface area contributed by atoms with E-state index < -0.39 is 85.3 Å². The number of aromatic nitrogens is 5.